The molecule has 1 aromatic carbocycles. The van der Waals surface area contributed by atoms with E-state index in [4.69, 9.17) is 4.52 Å². The summed E-state index contributed by atoms with van der Waals surface area (Å²) in [4.78, 5) is 35.0. The second-order valence-electron chi connectivity index (χ2n) is 10.4. The summed E-state index contributed by atoms with van der Waals surface area (Å²) in [5.74, 6) is -0.0567. The van der Waals surface area contributed by atoms with E-state index < -0.39 is 11.7 Å². The molecule has 1 fully saturated rings. The third-order valence-electron chi connectivity index (χ3n) is 6.52. The summed E-state index contributed by atoms with van der Waals surface area (Å²) in [5, 5.41) is 17.9. The van der Waals surface area contributed by atoms with Gasteiger partial charge in [0.05, 0.1) is 17.5 Å². The summed E-state index contributed by atoms with van der Waals surface area (Å²) in [5.41, 5.74) is 1.36. The Hall–Kier alpha value is -4.61. The summed E-state index contributed by atoms with van der Waals surface area (Å²) in [6.45, 7) is 10.5. The Bertz CT molecular complexity index is 1550. The van der Waals surface area contributed by atoms with Gasteiger partial charge in [-0.3, -0.25) is 14.7 Å². The Balaban J connectivity index is 1.33. The van der Waals surface area contributed by atoms with E-state index in [-0.39, 0.29) is 29.5 Å². The maximum absolute atomic E-state index is 15.2. The first kappa shape index (κ1) is 26.0. The SMILES string of the molecule is C=CC(=O)N1CCC(Nc2n[nH]c3nccc(-c4ccc(C(=O)NCc5noc(C(C)(C)C)n5)c(F)c4)c23)C1. The molecule has 3 aromatic heterocycles. The van der Waals surface area contributed by atoms with Gasteiger partial charge in [-0.05, 0) is 41.8 Å². The lowest BCUT2D eigenvalue weighted by Gasteiger charge is -2.15. The van der Waals surface area contributed by atoms with Crippen LogP contribution >= 0.6 is 0 Å². The fourth-order valence-electron chi connectivity index (χ4n) is 4.45. The van der Waals surface area contributed by atoms with Crippen molar-refractivity contribution in [1.82, 2.24) is 35.5 Å². The monoisotopic (exact) mass is 532 g/mol. The standard InChI is InChI=1S/C27H29FN8O3/c1-5-21(37)36-11-9-16(14-36)31-24-22-17(8-10-29-23(22)33-34-24)15-6-7-18(19(28)12-15)25(38)30-13-20-32-26(39-35-20)27(2,3)4/h5-8,10,12,16H,1,9,11,13-14H2,2-4H3,(H,30,38)(H2,29,31,33,34). The molecular formula is C27H29FN8O3. The van der Waals surface area contributed by atoms with E-state index >= 15 is 4.39 Å². The number of pyridine rings is 1. The van der Waals surface area contributed by atoms with Crippen LogP contribution in [0.4, 0.5) is 10.2 Å². The first-order valence-electron chi connectivity index (χ1n) is 12.6. The van der Waals surface area contributed by atoms with E-state index in [1.165, 1.54) is 18.2 Å². The molecule has 1 aliphatic heterocycles. The van der Waals surface area contributed by atoms with E-state index in [1.54, 1.807) is 23.2 Å². The zero-order valence-electron chi connectivity index (χ0n) is 21.9. The number of nitrogens with zero attached hydrogens (tertiary/aromatic N) is 5. The van der Waals surface area contributed by atoms with Crippen LogP contribution in [0, 0.1) is 5.82 Å². The topological polar surface area (TPSA) is 142 Å². The van der Waals surface area contributed by atoms with Crippen molar-refractivity contribution in [1.29, 1.82) is 0 Å². The van der Waals surface area contributed by atoms with Crippen molar-refractivity contribution in [3.8, 4) is 11.1 Å². The lowest BCUT2D eigenvalue weighted by atomic mass is 9.97. The highest BCUT2D eigenvalue weighted by Crippen LogP contribution is 2.33. The minimum absolute atomic E-state index is 0.00468. The van der Waals surface area contributed by atoms with Gasteiger partial charge >= 0.3 is 0 Å². The predicted molar refractivity (Wildman–Crippen MR) is 142 cm³/mol. The number of hydrogen-bond acceptors (Lipinski definition) is 8. The van der Waals surface area contributed by atoms with E-state index in [9.17, 15) is 9.59 Å². The van der Waals surface area contributed by atoms with Crippen LogP contribution in [-0.2, 0) is 16.8 Å². The normalized spacial score (nSPS) is 15.5. The summed E-state index contributed by atoms with van der Waals surface area (Å²) in [6, 6.07) is 6.19. The molecule has 1 unspecified atom stereocenters. The van der Waals surface area contributed by atoms with Crippen LogP contribution in [0.5, 0.6) is 0 Å². The van der Waals surface area contributed by atoms with Gasteiger partial charge in [-0.15, -0.1) is 0 Å². The number of anilines is 1. The molecule has 3 N–H and O–H groups in total. The van der Waals surface area contributed by atoms with Gasteiger partial charge in [0.25, 0.3) is 5.91 Å². The summed E-state index contributed by atoms with van der Waals surface area (Å²) >= 11 is 0. The van der Waals surface area contributed by atoms with Gasteiger partial charge in [-0.1, -0.05) is 38.6 Å². The fraction of sp³-hybridized carbons (Fsp3) is 0.333. The number of halogens is 1. The molecular weight excluding hydrogens is 503 g/mol. The first-order chi connectivity index (χ1) is 18.6. The predicted octanol–water partition coefficient (Wildman–Crippen LogP) is 3.57. The van der Waals surface area contributed by atoms with Gasteiger partial charge in [0.1, 0.15) is 5.82 Å². The molecule has 39 heavy (non-hydrogen) atoms. The number of benzene rings is 1. The Kier molecular flexibility index (Phi) is 6.85. The van der Waals surface area contributed by atoms with Gasteiger partial charge in [0.2, 0.25) is 11.8 Å². The quantitative estimate of drug-likeness (QED) is 0.307. The molecule has 11 nitrogen and oxygen atoms in total. The van der Waals surface area contributed by atoms with Crippen LogP contribution in [0.2, 0.25) is 0 Å². The number of carbonyl (C=O) groups is 2. The van der Waals surface area contributed by atoms with E-state index in [2.05, 4.69) is 42.5 Å². The number of aromatic nitrogens is 5. The number of fused-ring (bicyclic) bond motifs is 1. The second kappa shape index (κ2) is 10.3. The minimum Gasteiger partial charge on any atom is -0.363 e. The number of rotatable bonds is 7. The van der Waals surface area contributed by atoms with E-state index in [0.29, 0.717) is 52.8 Å². The molecule has 0 spiro atoms. The third kappa shape index (κ3) is 5.35. The number of H-pyrrole nitrogens is 1. The average Bonchev–Trinajstić information content (AvgIpc) is 3.67. The van der Waals surface area contributed by atoms with Crippen LogP contribution in [0.3, 0.4) is 0 Å². The molecule has 2 amide bonds. The lowest BCUT2D eigenvalue weighted by molar-refractivity contribution is -0.125. The fourth-order valence-corrected chi connectivity index (χ4v) is 4.45. The third-order valence-corrected chi connectivity index (χ3v) is 6.52. The van der Waals surface area contributed by atoms with Gasteiger partial charge in [0.15, 0.2) is 17.3 Å². The smallest absolute Gasteiger partial charge is 0.254 e. The Labute approximate surface area is 223 Å². The molecule has 0 bridgehead atoms. The zero-order valence-corrected chi connectivity index (χ0v) is 21.9. The van der Waals surface area contributed by atoms with E-state index in [1.807, 2.05) is 20.8 Å². The molecule has 5 rings (SSSR count). The number of hydrogen-bond donors (Lipinski definition) is 3. The van der Waals surface area contributed by atoms with Crippen molar-refractivity contribution in [3.05, 3.63) is 66.2 Å². The largest absolute Gasteiger partial charge is 0.363 e. The molecule has 0 aliphatic carbocycles. The van der Waals surface area contributed by atoms with Crippen LogP contribution < -0.4 is 10.6 Å². The molecule has 1 atom stereocenters. The number of aromatic amines is 1. The Morgan fingerprint density at radius 3 is 2.85 bits per heavy atom. The Morgan fingerprint density at radius 1 is 1.31 bits per heavy atom. The molecule has 4 heterocycles. The van der Waals surface area contributed by atoms with Crippen molar-refractivity contribution < 1.29 is 18.5 Å². The molecule has 0 radical (unpaired) electrons. The number of nitrogens with one attached hydrogen (secondary N) is 3. The zero-order chi connectivity index (χ0) is 27.7. The summed E-state index contributed by atoms with van der Waals surface area (Å²) in [7, 11) is 0. The van der Waals surface area contributed by atoms with Gasteiger partial charge in [-0.25, -0.2) is 9.37 Å². The maximum Gasteiger partial charge on any atom is 0.254 e. The van der Waals surface area contributed by atoms with Crippen LogP contribution in [0.15, 0.2) is 47.6 Å². The van der Waals surface area contributed by atoms with Crippen LogP contribution in [0.1, 0.15) is 49.3 Å². The maximum atomic E-state index is 15.2. The number of amides is 2. The van der Waals surface area contributed by atoms with Crippen molar-refractivity contribution in [2.45, 2.75) is 45.2 Å². The van der Waals surface area contributed by atoms with Crippen molar-refractivity contribution in [2.75, 3.05) is 18.4 Å². The van der Waals surface area contributed by atoms with Gasteiger partial charge in [-0.2, -0.15) is 10.1 Å². The summed E-state index contributed by atoms with van der Waals surface area (Å²) in [6.07, 6.45) is 3.67. The Morgan fingerprint density at radius 2 is 2.13 bits per heavy atom. The number of carbonyl (C=O) groups excluding carboxylic acids is 2. The van der Waals surface area contributed by atoms with Crippen LogP contribution in [-0.4, -0.2) is 61.2 Å². The van der Waals surface area contributed by atoms with Crippen molar-refractivity contribution >= 4 is 28.7 Å². The van der Waals surface area contributed by atoms with Crippen LogP contribution in [0.25, 0.3) is 22.2 Å². The second-order valence-corrected chi connectivity index (χ2v) is 10.4. The van der Waals surface area contributed by atoms with Gasteiger partial charge in [0, 0.05) is 30.7 Å². The minimum atomic E-state index is -0.675. The van der Waals surface area contributed by atoms with Gasteiger partial charge < -0.3 is 20.1 Å². The average molecular weight is 533 g/mol. The highest BCUT2D eigenvalue weighted by atomic mass is 19.1. The molecule has 4 aromatic rings. The molecule has 202 valence electrons. The first-order valence-corrected chi connectivity index (χ1v) is 12.6. The molecule has 1 aliphatic rings. The van der Waals surface area contributed by atoms with Crippen molar-refractivity contribution in [3.63, 3.8) is 0 Å². The summed E-state index contributed by atoms with van der Waals surface area (Å²) < 4.78 is 20.4. The molecule has 0 saturated carbocycles. The number of likely N-dealkylation sites (tertiary alicyclic amines) is 1. The highest BCUT2D eigenvalue weighted by Gasteiger charge is 2.27. The highest BCUT2D eigenvalue weighted by molar-refractivity contribution is 6.01. The van der Waals surface area contributed by atoms with Crippen molar-refractivity contribution in [2.24, 2.45) is 0 Å². The molecule has 1 saturated heterocycles. The van der Waals surface area contributed by atoms with E-state index in [0.717, 1.165) is 6.42 Å². The lowest BCUT2D eigenvalue weighted by Crippen LogP contribution is -2.30. The molecule has 12 heteroatoms.